The number of hydrogen-bond donors (Lipinski definition) is 3. The van der Waals surface area contributed by atoms with Gasteiger partial charge in [-0.3, -0.25) is 9.78 Å². The molecule has 0 amide bonds. The van der Waals surface area contributed by atoms with E-state index in [1.807, 2.05) is 40.0 Å². The minimum absolute atomic E-state index is 0.368. The van der Waals surface area contributed by atoms with E-state index in [1.54, 1.807) is 18.1 Å². The molecule has 0 saturated carbocycles. The normalized spacial score (nSPS) is 13.7. The molecule has 8 heteroatoms. The second kappa shape index (κ2) is 15.2. The van der Waals surface area contributed by atoms with Gasteiger partial charge in [-0.05, 0) is 50.5 Å². The van der Waals surface area contributed by atoms with Crippen LogP contribution in [0.1, 0.15) is 80.2 Å². The number of anilines is 2. The molecule has 4 rings (SSSR count). The minimum Gasteiger partial charge on any atom is -0.366 e. The van der Waals surface area contributed by atoms with Crippen LogP contribution in [0.2, 0.25) is 0 Å². The third kappa shape index (κ3) is 7.50. The summed E-state index contributed by atoms with van der Waals surface area (Å²) in [6, 6.07) is 6.89. The summed E-state index contributed by atoms with van der Waals surface area (Å²) in [6.07, 6.45) is 10.9. The maximum atomic E-state index is 4.62. The molecule has 0 spiro atoms. The van der Waals surface area contributed by atoms with Crippen molar-refractivity contribution in [1.82, 2.24) is 19.7 Å². The van der Waals surface area contributed by atoms with Crippen molar-refractivity contribution >= 4 is 40.6 Å². The molecule has 196 valence electrons. The van der Waals surface area contributed by atoms with Gasteiger partial charge in [-0.2, -0.15) is 0 Å². The molecule has 1 atom stereocenters. The average Bonchev–Trinajstić information content (AvgIpc) is 2.90. The van der Waals surface area contributed by atoms with E-state index in [9.17, 15) is 0 Å². The van der Waals surface area contributed by atoms with E-state index in [-0.39, 0.29) is 0 Å². The molecule has 3 aromatic rings. The summed E-state index contributed by atoms with van der Waals surface area (Å²) in [5.74, 6) is 0.863. The Kier molecular flexibility index (Phi) is 12.3. The number of thioether (sulfide) groups is 1. The predicted octanol–water partition coefficient (Wildman–Crippen LogP) is 8.20. The Labute approximate surface area is 221 Å². The largest absolute Gasteiger partial charge is 0.366 e. The van der Waals surface area contributed by atoms with E-state index < -0.39 is 0 Å². The first-order chi connectivity index (χ1) is 17.6. The summed E-state index contributed by atoms with van der Waals surface area (Å²) in [5, 5.41) is 11.3. The van der Waals surface area contributed by atoms with Gasteiger partial charge >= 0.3 is 0 Å². The Balaban J connectivity index is 0.00000109. The molecular formula is C28H43N7S. The number of nitrogens with zero attached hydrogens (tertiary/aromatic N) is 4. The van der Waals surface area contributed by atoms with Crippen molar-refractivity contribution < 1.29 is 0 Å². The Morgan fingerprint density at radius 3 is 2.67 bits per heavy atom. The third-order valence-electron chi connectivity index (χ3n) is 5.43. The fraction of sp³-hybridized carbons (Fsp3) is 0.464. The number of aliphatic imine (C=N–C) groups is 1. The summed E-state index contributed by atoms with van der Waals surface area (Å²) >= 11 is 1.70. The SMILES string of the molecule is CC.CC.CCC/C=C/C=N\C1=C(C)Nc2cc(Cn3[nH]c4c(NC(C)CC)ncnc43)ccc2S1. The van der Waals surface area contributed by atoms with Crippen molar-refractivity contribution in [2.24, 2.45) is 4.99 Å². The molecule has 3 N–H and O–H groups in total. The van der Waals surface area contributed by atoms with E-state index in [2.05, 4.69) is 87.3 Å². The first-order valence-corrected chi connectivity index (χ1v) is 14.0. The minimum atomic E-state index is 0.368. The number of fused-ring (bicyclic) bond motifs is 2. The Hall–Kier alpha value is -3.00. The first-order valence-electron chi connectivity index (χ1n) is 13.2. The van der Waals surface area contributed by atoms with Crippen LogP contribution >= 0.6 is 11.8 Å². The summed E-state index contributed by atoms with van der Waals surface area (Å²) < 4.78 is 2.05. The standard InChI is InChI=1S/C24H31N7S.2C2H6/c1-5-7-8-9-12-25-24-17(4)29-19-13-18(10-11-20(19)32-24)14-31-23-21(30-31)22(26-15-27-23)28-16(3)6-2;2*1-2/h8-13,15-16,29-30H,5-7,14H2,1-4H3,(H,26,27,28);2*1-2H3/b9-8+,25-12-;;. The van der Waals surface area contributed by atoms with Gasteiger partial charge in [-0.1, -0.05) is 71.9 Å². The van der Waals surface area contributed by atoms with E-state index in [4.69, 9.17) is 0 Å². The molecule has 2 aromatic heterocycles. The monoisotopic (exact) mass is 509 g/mol. The number of unbranched alkanes of at least 4 members (excludes halogenated alkanes) is 1. The van der Waals surface area contributed by atoms with Gasteiger partial charge in [0.1, 0.15) is 16.9 Å². The van der Waals surface area contributed by atoms with E-state index in [1.165, 1.54) is 10.5 Å². The van der Waals surface area contributed by atoms with Crippen LogP contribution in [0.15, 0.2) is 57.3 Å². The third-order valence-corrected chi connectivity index (χ3v) is 6.61. The molecule has 36 heavy (non-hydrogen) atoms. The maximum absolute atomic E-state index is 4.62. The van der Waals surface area contributed by atoms with Crippen LogP contribution in [0.3, 0.4) is 0 Å². The number of aromatic amines is 1. The predicted molar refractivity (Wildman–Crippen MR) is 158 cm³/mol. The summed E-state index contributed by atoms with van der Waals surface area (Å²) in [7, 11) is 0. The topological polar surface area (TPSA) is 82.9 Å². The van der Waals surface area contributed by atoms with Crippen molar-refractivity contribution in [1.29, 1.82) is 0 Å². The number of nitrogens with one attached hydrogen (secondary N) is 3. The van der Waals surface area contributed by atoms with Crippen molar-refractivity contribution in [3.63, 3.8) is 0 Å². The van der Waals surface area contributed by atoms with Gasteiger partial charge in [-0.25, -0.2) is 15.0 Å². The van der Waals surface area contributed by atoms with Crippen LogP contribution in [0, 0.1) is 0 Å². The number of allylic oxidation sites excluding steroid dienone is 3. The lowest BCUT2D eigenvalue weighted by Gasteiger charge is -2.22. The molecule has 1 unspecified atom stereocenters. The number of benzene rings is 1. The molecule has 1 aromatic carbocycles. The molecule has 0 aliphatic carbocycles. The molecule has 0 radical (unpaired) electrons. The molecule has 0 fully saturated rings. The quantitative estimate of drug-likeness (QED) is 0.253. The Morgan fingerprint density at radius 1 is 1.17 bits per heavy atom. The van der Waals surface area contributed by atoms with Crippen LogP contribution < -0.4 is 10.6 Å². The van der Waals surface area contributed by atoms with E-state index in [0.717, 1.165) is 59.2 Å². The van der Waals surface area contributed by atoms with Gasteiger partial charge in [0.2, 0.25) is 0 Å². The lowest BCUT2D eigenvalue weighted by atomic mass is 10.2. The average molecular weight is 510 g/mol. The first kappa shape index (κ1) is 29.2. The number of aromatic nitrogens is 4. The fourth-order valence-corrected chi connectivity index (χ4v) is 4.30. The zero-order valence-corrected chi connectivity index (χ0v) is 24.0. The van der Waals surface area contributed by atoms with Gasteiger partial charge in [0.05, 0.1) is 12.2 Å². The maximum Gasteiger partial charge on any atom is 0.178 e. The van der Waals surface area contributed by atoms with Crippen LogP contribution in [-0.4, -0.2) is 32.0 Å². The fourth-order valence-electron chi connectivity index (χ4n) is 3.42. The van der Waals surface area contributed by atoms with Crippen molar-refractivity contribution in [3.8, 4) is 0 Å². The molecule has 1 aliphatic rings. The Morgan fingerprint density at radius 2 is 1.94 bits per heavy atom. The molecule has 0 saturated heterocycles. The molecule has 1 aliphatic heterocycles. The summed E-state index contributed by atoms with van der Waals surface area (Å²) in [5.41, 5.74) is 5.28. The van der Waals surface area contributed by atoms with Crippen molar-refractivity contribution in [2.45, 2.75) is 92.1 Å². The second-order valence-corrected chi connectivity index (χ2v) is 9.09. The van der Waals surface area contributed by atoms with Gasteiger partial charge in [0.15, 0.2) is 11.5 Å². The number of rotatable bonds is 9. The Bertz CT molecular complexity index is 1170. The lowest BCUT2D eigenvalue weighted by molar-refractivity contribution is 0.668. The molecular weight excluding hydrogens is 466 g/mol. The van der Waals surface area contributed by atoms with Crippen molar-refractivity contribution in [3.05, 3.63) is 53.0 Å². The van der Waals surface area contributed by atoms with Crippen LogP contribution in [0.5, 0.6) is 0 Å². The lowest BCUT2D eigenvalue weighted by Crippen LogP contribution is -2.20. The molecule has 7 nitrogen and oxygen atoms in total. The second-order valence-electron chi connectivity index (χ2n) is 8.06. The van der Waals surface area contributed by atoms with E-state index >= 15 is 0 Å². The summed E-state index contributed by atoms with van der Waals surface area (Å²) in [6.45, 7) is 17.3. The highest BCUT2D eigenvalue weighted by molar-refractivity contribution is 8.03. The highest BCUT2D eigenvalue weighted by atomic mass is 32.2. The van der Waals surface area contributed by atoms with Crippen LogP contribution in [0.25, 0.3) is 11.2 Å². The zero-order chi connectivity index (χ0) is 26.5. The zero-order valence-electron chi connectivity index (χ0n) is 23.1. The summed E-state index contributed by atoms with van der Waals surface area (Å²) in [4.78, 5) is 14.6. The van der Waals surface area contributed by atoms with E-state index in [0.29, 0.717) is 6.04 Å². The van der Waals surface area contributed by atoms with Gasteiger partial charge < -0.3 is 10.6 Å². The van der Waals surface area contributed by atoms with Gasteiger partial charge in [0.25, 0.3) is 0 Å². The van der Waals surface area contributed by atoms with Crippen molar-refractivity contribution in [2.75, 3.05) is 10.6 Å². The van der Waals surface area contributed by atoms with Crippen LogP contribution in [0.4, 0.5) is 11.5 Å². The molecule has 0 bridgehead atoms. The smallest absolute Gasteiger partial charge is 0.178 e. The van der Waals surface area contributed by atoms with Crippen LogP contribution in [-0.2, 0) is 6.54 Å². The molecule has 3 heterocycles. The van der Waals surface area contributed by atoms with Gasteiger partial charge in [-0.15, -0.1) is 0 Å². The number of H-pyrrole nitrogens is 1. The highest BCUT2D eigenvalue weighted by Gasteiger charge is 2.18. The van der Waals surface area contributed by atoms with Gasteiger partial charge in [0, 0.05) is 22.8 Å². The number of hydrogen-bond acceptors (Lipinski definition) is 6. The highest BCUT2D eigenvalue weighted by Crippen LogP contribution is 2.40.